The van der Waals surface area contributed by atoms with Crippen molar-refractivity contribution in [2.45, 2.75) is 54.4 Å². The van der Waals surface area contributed by atoms with Crippen LogP contribution in [0.1, 0.15) is 46.0 Å². The molecule has 4 aliphatic carbocycles. The van der Waals surface area contributed by atoms with Gasteiger partial charge in [0.05, 0.1) is 0 Å². The number of allylic oxidation sites excluding steroid dienone is 8. The van der Waals surface area contributed by atoms with E-state index in [4.69, 9.17) is 0 Å². The Labute approximate surface area is 142 Å². The van der Waals surface area contributed by atoms with Crippen LogP contribution in [-0.4, -0.2) is 0 Å². The topological polar surface area (TPSA) is 0 Å². The molecule has 4 rings (SSSR count). The molecule has 5 unspecified atom stereocenters. The molecule has 0 aliphatic heterocycles. The fourth-order valence-electron chi connectivity index (χ4n) is 5.88. The summed E-state index contributed by atoms with van der Waals surface area (Å²) in [7, 11) is 0. The first kappa shape index (κ1) is 15.2. The van der Waals surface area contributed by atoms with Crippen molar-refractivity contribution in [3.05, 3.63) is 46.4 Å². The Balaban J connectivity index is 1.61. The van der Waals surface area contributed by atoms with E-state index in [1.54, 1.807) is 6.42 Å². The van der Waals surface area contributed by atoms with Gasteiger partial charge < -0.3 is 0 Å². The number of hydrogen-bond donors (Lipinski definition) is 0. The average molecular weight is 329 g/mol. The molecule has 2 fully saturated rings. The van der Waals surface area contributed by atoms with Gasteiger partial charge in [-0.2, -0.15) is 0 Å². The second kappa shape index (κ2) is 6.29. The van der Waals surface area contributed by atoms with Gasteiger partial charge in [-0.05, 0) is 0 Å². The Hall–Kier alpha value is -0.326. The molecule has 1 heteroatoms. The molecule has 0 nitrogen and oxygen atoms in total. The Morgan fingerprint density at radius 1 is 1.05 bits per heavy atom. The van der Waals surface area contributed by atoms with Crippen LogP contribution in [0, 0.1) is 23.7 Å². The van der Waals surface area contributed by atoms with Crippen LogP contribution in [-0.2, 0) is 17.9 Å². The Morgan fingerprint density at radius 2 is 1.91 bits per heavy atom. The quantitative estimate of drug-likeness (QED) is 0.537. The molecule has 0 saturated heterocycles. The monoisotopic (exact) mass is 329 g/mol. The predicted molar refractivity (Wildman–Crippen MR) is 91.4 cm³/mol. The average Bonchev–Trinajstić information content (AvgIpc) is 3.15. The van der Waals surface area contributed by atoms with Gasteiger partial charge in [-0.1, -0.05) is 0 Å². The van der Waals surface area contributed by atoms with Gasteiger partial charge in [0.25, 0.3) is 0 Å². The third kappa shape index (κ3) is 2.57. The maximum atomic E-state index is 2.54. The Morgan fingerprint density at radius 3 is 2.68 bits per heavy atom. The minimum absolute atomic E-state index is 0.864. The van der Waals surface area contributed by atoms with Crippen LogP contribution >= 0.6 is 0 Å². The van der Waals surface area contributed by atoms with E-state index in [1.807, 2.05) is 3.88 Å². The van der Waals surface area contributed by atoms with Crippen LogP contribution in [0.4, 0.5) is 0 Å². The standard InChI is InChI=1S/C13H17.C5H5.C3H7.Ti/c1-3-7-12-10(5-1)9-11-6-2-4-8-13(11)12;1-2-4-5-3-1;1-3-2;/h1,3,5-7,10-13H,2,4,8-9H2;1-3H,4H2;3H,1-2H3;. The fourth-order valence-corrected chi connectivity index (χ4v) is 12.2. The first-order valence-electron chi connectivity index (χ1n) is 9.33. The van der Waals surface area contributed by atoms with E-state index >= 15 is 0 Å². The molecule has 0 aromatic heterocycles. The number of rotatable bonds is 3. The molecular formula is C21H29Ti. The zero-order valence-corrected chi connectivity index (χ0v) is 15.6. The molecule has 0 bridgehead atoms. The predicted octanol–water partition coefficient (Wildman–Crippen LogP) is 6.24. The fraction of sp³-hybridized carbons (Fsp3) is 0.619. The molecule has 0 aromatic rings. The molecule has 5 atom stereocenters. The normalized spacial score (nSPS) is 39.0. The van der Waals surface area contributed by atoms with Gasteiger partial charge in [0.1, 0.15) is 0 Å². The third-order valence-electron chi connectivity index (χ3n) is 6.62. The SMILES string of the molecule is C[CH](C)[Ti]([C]1=CC=CC1)[CH]1CCCC2C3C=CC=CC3CC21. The van der Waals surface area contributed by atoms with Crippen LogP contribution in [0.5, 0.6) is 0 Å². The van der Waals surface area contributed by atoms with Crippen LogP contribution < -0.4 is 0 Å². The summed E-state index contributed by atoms with van der Waals surface area (Å²) in [6.07, 6.45) is 24.2. The van der Waals surface area contributed by atoms with Gasteiger partial charge in [-0.15, -0.1) is 0 Å². The van der Waals surface area contributed by atoms with Gasteiger partial charge in [0.15, 0.2) is 0 Å². The van der Waals surface area contributed by atoms with Crippen LogP contribution in [0.3, 0.4) is 0 Å². The van der Waals surface area contributed by atoms with Gasteiger partial charge >= 0.3 is 142 Å². The van der Waals surface area contributed by atoms with E-state index < -0.39 is 17.9 Å². The molecule has 0 radical (unpaired) electrons. The summed E-state index contributed by atoms with van der Waals surface area (Å²) >= 11 is -1.15. The second-order valence-electron chi connectivity index (χ2n) is 8.05. The molecule has 0 spiro atoms. The zero-order valence-electron chi connectivity index (χ0n) is 14.0. The molecule has 4 aliphatic rings. The van der Waals surface area contributed by atoms with Gasteiger partial charge in [-0.25, -0.2) is 0 Å². The molecule has 0 N–H and O–H groups in total. The van der Waals surface area contributed by atoms with Crippen LogP contribution in [0.15, 0.2) is 46.4 Å². The summed E-state index contributed by atoms with van der Waals surface area (Å²) < 4.78 is 3.93. The summed E-state index contributed by atoms with van der Waals surface area (Å²) in [4.78, 5) is 0. The van der Waals surface area contributed by atoms with E-state index in [0.717, 1.165) is 32.1 Å². The van der Waals surface area contributed by atoms with Gasteiger partial charge in [-0.3, -0.25) is 0 Å². The van der Waals surface area contributed by atoms with Crippen molar-refractivity contribution in [2.24, 2.45) is 23.7 Å². The van der Waals surface area contributed by atoms with Crippen molar-refractivity contribution < 1.29 is 17.9 Å². The number of hydrogen-bond acceptors (Lipinski definition) is 0. The van der Waals surface area contributed by atoms with E-state index in [-0.39, 0.29) is 0 Å². The third-order valence-corrected chi connectivity index (χ3v) is 12.7. The van der Waals surface area contributed by atoms with Crippen molar-refractivity contribution in [2.75, 3.05) is 0 Å². The Bertz CT molecular complexity index is 536. The summed E-state index contributed by atoms with van der Waals surface area (Å²) in [6.45, 7) is 5.06. The molecule has 0 amide bonds. The van der Waals surface area contributed by atoms with E-state index in [9.17, 15) is 0 Å². The minimum atomic E-state index is -1.15. The molecular weight excluding hydrogens is 300 g/mol. The first-order valence-corrected chi connectivity index (χ1v) is 11.9. The summed E-state index contributed by atoms with van der Waals surface area (Å²) in [5.74, 6) is 3.78. The van der Waals surface area contributed by atoms with Gasteiger partial charge in [0.2, 0.25) is 0 Å². The van der Waals surface area contributed by atoms with E-state index in [1.165, 1.54) is 25.7 Å². The van der Waals surface area contributed by atoms with Crippen molar-refractivity contribution in [1.82, 2.24) is 0 Å². The van der Waals surface area contributed by atoms with Crippen molar-refractivity contribution in [3.63, 3.8) is 0 Å². The van der Waals surface area contributed by atoms with Crippen molar-refractivity contribution >= 4 is 0 Å². The molecule has 0 aromatic carbocycles. The summed E-state index contributed by atoms with van der Waals surface area (Å²) in [5.41, 5.74) is 0. The molecule has 117 valence electrons. The van der Waals surface area contributed by atoms with Gasteiger partial charge in [0, 0.05) is 0 Å². The van der Waals surface area contributed by atoms with E-state index in [2.05, 4.69) is 56.4 Å². The zero-order chi connectivity index (χ0) is 15.1. The van der Waals surface area contributed by atoms with E-state index in [0.29, 0.717) is 0 Å². The molecule has 0 heterocycles. The Kier molecular flexibility index (Phi) is 4.35. The van der Waals surface area contributed by atoms with Crippen LogP contribution in [0.2, 0.25) is 8.45 Å². The van der Waals surface area contributed by atoms with Crippen molar-refractivity contribution in [3.8, 4) is 0 Å². The summed E-state index contributed by atoms with van der Waals surface area (Å²) in [5, 5.41) is 0. The maximum absolute atomic E-state index is 2.54. The van der Waals surface area contributed by atoms with Crippen molar-refractivity contribution in [1.29, 1.82) is 0 Å². The summed E-state index contributed by atoms with van der Waals surface area (Å²) in [6, 6.07) is 0. The second-order valence-corrected chi connectivity index (χ2v) is 13.4. The molecule has 22 heavy (non-hydrogen) atoms. The van der Waals surface area contributed by atoms with Crippen LogP contribution in [0.25, 0.3) is 0 Å². The molecule has 2 saturated carbocycles. The number of fused-ring (bicyclic) bond motifs is 3. The first-order chi connectivity index (χ1) is 10.8.